The Hall–Kier alpha value is -2.16. The number of benzene rings is 2. The molecule has 6 nitrogen and oxygen atoms in total. The summed E-state index contributed by atoms with van der Waals surface area (Å²) in [4.78, 5) is 14.1. The van der Waals surface area contributed by atoms with E-state index < -0.39 is 21.6 Å². The Balaban J connectivity index is 1.79. The number of nitrogens with one attached hydrogen (secondary N) is 1. The van der Waals surface area contributed by atoms with Crippen LogP contribution in [0.25, 0.3) is 0 Å². The van der Waals surface area contributed by atoms with E-state index in [1.54, 1.807) is 12.1 Å². The molecule has 1 fully saturated rings. The van der Waals surface area contributed by atoms with Gasteiger partial charge in [0.2, 0.25) is 0 Å². The lowest BCUT2D eigenvalue weighted by Gasteiger charge is -2.29. The summed E-state index contributed by atoms with van der Waals surface area (Å²) >= 11 is 5.88. The third-order valence-corrected chi connectivity index (χ3v) is 5.73. The minimum absolute atomic E-state index is 0.0370. The first-order valence-corrected chi connectivity index (χ1v) is 10.5. The second-order valence-corrected chi connectivity index (χ2v) is 8.53. The molecule has 1 saturated heterocycles. The second-order valence-electron chi connectivity index (χ2n) is 6.14. The zero-order valence-corrected chi connectivity index (χ0v) is 16.1. The lowest BCUT2D eigenvalue weighted by Crippen LogP contribution is -2.36. The summed E-state index contributed by atoms with van der Waals surface area (Å²) < 4.78 is 43.2. The van der Waals surface area contributed by atoms with Crippen LogP contribution < -0.4 is 10.2 Å². The highest BCUT2D eigenvalue weighted by Gasteiger charge is 2.18. The molecule has 0 aliphatic carbocycles. The monoisotopic (exact) mass is 412 g/mol. The third-order valence-electron chi connectivity index (χ3n) is 4.15. The van der Waals surface area contributed by atoms with Gasteiger partial charge in [0.1, 0.15) is 5.82 Å². The van der Waals surface area contributed by atoms with Crippen molar-refractivity contribution in [3.05, 3.63) is 52.8 Å². The van der Waals surface area contributed by atoms with Crippen molar-refractivity contribution < 1.29 is 22.3 Å². The topological polar surface area (TPSA) is 75.7 Å². The van der Waals surface area contributed by atoms with Crippen LogP contribution in [0, 0.1) is 5.82 Å². The van der Waals surface area contributed by atoms with Crippen LogP contribution in [0.15, 0.2) is 41.3 Å². The first-order valence-electron chi connectivity index (χ1n) is 8.19. The quantitative estimate of drug-likeness (QED) is 0.835. The molecule has 2 aromatic rings. The molecule has 0 atom stereocenters. The fourth-order valence-corrected chi connectivity index (χ4v) is 4.08. The summed E-state index contributed by atoms with van der Waals surface area (Å²) in [6, 6.07) is 8.38. The number of hydrogen-bond acceptors (Lipinski definition) is 5. The van der Waals surface area contributed by atoms with Crippen LogP contribution in [0.3, 0.4) is 0 Å². The zero-order chi connectivity index (χ0) is 19.6. The summed E-state index contributed by atoms with van der Waals surface area (Å²) in [6.45, 7) is 2.28. The van der Waals surface area contributed by atoms with Gasteiger partial charge in [0.15, 0.2) is 9.84 Å². The van der Waals surface area contributed by atoms with Crippen LogP contribution in [0.5, 0.6) is 0 Å². The fourth-order valence-electron chi connectivity index (χ4n) is 2.78. The van der Waals surface area contributed by atoms with E-state index in [-0.39, 0.29) is 21.2 Å². The van der Waals surface area contributed by atoms with Crippen molar-refractivity contribution in [2.24, 2.45) is 0 Å². The molecule has 1 amide bonds. The summed E-state index contributed by atoms with van der Waals surface area (Å²) in [5, 5.41) is 2.60. The number of morpholine rings is 1. The van der Waals surface area contributed by atoms with Gasteiger partial charge in [0.05, 0.1) is 28.8 Å². The molecule has 0 radical (unpaired) electrons. The van der Waals surface area contributed by atoms with Gasteiger partial charge in [-0.1, -0.05) is 11.6 Å². The summed E-state index contributed by atoms with van der Waals surface area (Å²) in [7, 11) is -3.57. The van der Waals surface area contributed by atoms with Gasteiger partial charge in [-0.3, -0.25) is 4.79 Å². The Labute approximate surface area is 161 Å². The van der Waals surface area contributed by atoms with Crippen LogP contribution in [0.4, 0.5) is 15.8 Å². The molecule has 1 heterocycles. The molecule has 0 aromatic heterocycles. The summed E-state index contributed by atoms with van der Waals surface area (Å²) in [5.74, 6) is -1.02. The van der Waals surface area contributed by atoms with E-state index in [9.17, 15) is 17.6 Å². The third kappa shape index (κ3) is 4.58. The van der Waals surface area contributed by atoms with Crippen LogP contribution in [-0.4, -0.2) is 46.9 Å². The fraction of sp³-hybridized carbons (Fsp3) is 0.278. The maximum atomic E-state index is 14.4. The van der Waals surface area contributed by atoms with E-state index in [4.69, 9.17) is 16.3 Å². The first-order chi connectivity index (χ1) is 12.8. The standard InChI is InChI=1S/C18H18ClFN2O4S/c1-27(24,25)17-10-12(2-4-14(17)19)18(23)21-13-3-5-16(15(20)11-13)22-6-8-26-9-7-22/h2-5,10-11H,6-9H2,1H3,(H,21,23). The van der Waals surface area contributed by atoms with Gasteiger partial charge in [-0.2, -0.15) is 0 Å². The highest BCUT2D eigenvalue weighted by Crippen LogP contribution is 2.25. The number of rotatable bonds is 4. The Morgan fingerprint density at radius 2 is 1.89 bits per heavy atom. The average molecular weight is 413 g/mol. The van der Waals surface area contributed by atoms with Gasteiger partial charge < -0.3 is 15.0 Å². The highest BCUT2D eigenvalue weighted by atomic mass is 35.5. The van der Waals surface area contributed by atoms with E-state index in [0.717, 1.165) is 6.26 Å². The minimum Gasteiger partial charge on any atom is -0.378 e. The summed E-state index contributed by atoms with van der Waals surface area (Å²) in [6.07, 6.45) is 1.01. The molecule has 3 rings (SSSR count). The van der Waals surface area contributed by atoms with Crippen LogP contribution in [0.2, 0.25) is 5.02 Å². The maximum Gasteiger partial charge on any atom is 0.255 e. The molecule has 0 bridgehead atoms. The Kier molecular flexibility index (Phi) is 5.69. The van der Waals surface area contributed by atoms with Gasteiger partial charge in [-0.05, 0) is 36.4 Å². The normalized spacial score (nSPS) is 14.9. The van der Waals surface area contributed by atoms with Crippen molar-refractivity contribution in [3.63, 3.8) is 0 Å². The van der Waals surface area contributed by atoms with Gasteiger partial charge in [-0.15, -0.1) is 0 Å². The number of halogens is 2. The molecule has 0 spiro atoms. The molecule has 9 heteroatoms. The van der Waals surface area contributed by atoms with Crippen molar-refractivity contribution in [1.29, 1.82) is 0 Å². The van der Waals surface area contributed by atoms with Crippen molar-refractivity contribution in [3.8, 4) is 0 Å². The molecule has 0 saturated carbocycles. The van der Waals surface area contributed by atoms with Crippen LogP contribution >= 0.6 is 11.6 Å². The zero-order valence-electron chi connectivity index (χ0n) is 14.5. The number of ether oxygens (including phenoxy) is 1. The predicted molar refractivity (Wildman–Crippen MR) is 102 cm³/mol. The lowest BCUT2D eigenvalue weighted by atomic mass is 10.2. The minimum atomic E-state index is -3.57. The lowest BCUT2D eigenvalue weighted by molar-refractivity contribution is 0.102. The molecular weight excluding hydrogens is 395 g/mol. The summed E-state index contributed by atoms with van der Waals surface area (Å²) in [5.41, 5.74) is 0.824. The number of sulfone groups is 1. The van der Waals surface area contributed by atoms with Crippen molar-refractivity contribution in [1.82, 2.24) is 0 Å². The van der Waals surface area contributed by atoms with Gasteiger partial charge >= 0.3 is 0 Å². The molecule has 144 valence electrons. The number of carbonyl (C=O) groups excluding carboxylic acids is 1. The maximum absolute atomic E-state index is 14.4. The van der Waals surface area contributed by atoms with Crippen molar-refractivity contribution in [2.75, 3.05) is 42.8 Å². The smallest absolute Gasteiger partial charge is 0.255 e. The van der Waals surface area contributed by atoms with Gasteiger partial charge in [0.25, 0.3) is 5.91 Å². The molecule has 0 unspecified atom stereocenters. The number of amides is 1. The van der Waals surface area contributed by atoms with E-state index in [1.165, 1.54) is 24.3 Å². The SMILES string of the molecule is CS(=O)(=O)c1cc(C(=O)Nc2ccc(N3CCOCC3)c(F)c2)ccc1Cl. The molecule has 1 aliphatic rings. The predicted octanol–water partition coefficient (Wildman–Crippen LogP) is 2.97. The van der Waals surface area contributed by atoms with Crippen molar-refractivity contribution in [2.45, 2.75) is 4.90 Å². The average Bonchev–Trinajstić information content (AvgIpc) is 2.62. The van der Waals surface area contributed by atoms with Gasteiger partial charge in [-0.25, -0.2) is 12.8 Å². The Morgan fingerprint density at radius 3 is 2.52 bits per heavy atom. The number of hydrogen-bond donors (Lipinski definition) is 1. The van der Waals surface area contributed by atoms with Gasteiger partial charge in [0, 0.05) is 30.6 Å². The number of carbonyl (C=O) groups is 1. The highest BCUT2D eigenvalue weighted by molar-refractivity contribution is 7.90. The van der Waals surface area contributed by atoms with Crippen LogP contribution in [0.1, 0.15) is 10.4 Å². The van der Waals surface area contributed by atoms with E-state index in [0.29, 0.717) is 32.0 Å². The van der Waals surface area contributed by atoms with E-state index >= 15 is 0 Å². The molecule has 27 heavy (non-hydrogen) atoms. The molecule has 1 aliphatic heterocycles. The molecule has 2 aromatic carbocycles. The Morgan fingerprint density at radius 1 is 1.19 bits per heavy atom. The first kappa shape index (κ1) is 19.6. The van der Waals surface area contributed by atoms with Crippen LogP contribution in [-0.2, 0) is 14.6 Å². The van der Waals surface area contributed by atoms with E-state index in [1.807, 2.05) is 4.90 Å². The molecule has 1 N–H and O–H groups in total. The number of anilines is 2. The van der Waals surface area contributed by atoms with Crippen molar-refractivity contribution >= 4 is 38.7 Å². The Bertz CT molecular complexity index is 975. The number of nitrogens with zero attached hydrogens (tertiary/aromatic N) is 1. The van der Waals surface area contributed by atoms with E-state index in [2.05, 4.69) is 5.32 Å². The molecular formula is C18H18ClFN2O4S. The largest absolute Gasteiger partial charge is 0.378 e. The second kappa shape index (κ2) is 7.84.